The molecule has 20 heavy (non-hydrogen) atoms. The van der Waals surface area contributed by atoms with Gasteiger partial charge in [-0.25, -0.2) is 13.1 Å². The second kappa shape index (κ2) is 7.28. The quantitative estimate of drug-likeness (QED) is 0.617. The summed E-state index contributed by atoms with van der Waals surface area (Å²) in [5, 5.41) is 0. The van der Waals surface area contributed by atoms with Gasteiger partial charge in [0.1, 0.15) is 0 Å². The van der Waals surface area contributed by atoms with Crippen LogP contribution in [0.1, 0.15) is 24.0 Å². The van der Waals surface area contributed by atoms with E-state index in [-0.39, 0.29) is 12.3 Å². The van der Waals surface area contributed by atoms with Crippen molar-refractivity contribution in [2.75, 3.05) is 11.6 Å². The zero-order valence-electron chi connectivity index (χ0n) is 10.6. The van der Waals surface area contributed by atoms with Crippen LogP contribution in [0.15, 0.2) is 24.3 Å². The third kappa shape index (κ3) is 6.11. The summed E-state index contributed by atoms with van der Waals surface area (Å²) >= 11 is 5.45. The predicted molar refractivity (Wildman–Crippen MR) is 72.0 cm³/mol. The molecule has 0 saturated carbocycles. The summed E-state index contributed by atoms with van der Waals surface area (Å²) in [6.45, 7) is -0.0264. The fourth-order valence-corrected chi connectivity index (χ4v) is 2.77. The lowest BCUT2D eigenvalue weighted by Crippen LogP contribution is -2.26. The number of benzene rings is 1. The van der Waals surface area contributed by atoms with Crippen molar-refractivity contribution < 1.29 is 21.6 Å². The molecule has 0 fully saturated rings. The van der Waals surface area contributed by atoms with E-state index in [9.17, 15) is 21.6 Å². The second-order valence-corrected chi connectivity index (χ2v) is 6.54. The maximum Gasteiger partial charge on any atom is 0.416 e. The van der Waals surface area contributed by atoms with Gasteiger partial charge in [-0.05, 0) is 30.5 Å². The Kier molecular flexibility index (Phi) is 6.29. The van der Waals surface area contributed by atoms with E-state index in [0.717, 1.165) is 12.1 Å². The van der Waals surface area contributed by atoms with E-state index in [4.69, 9.17) is 11.6 Å². The lowest BCUT2D eigenvalue weighted by atomic mass is 10.1. The molecule has 0 aliphatic heterocycles. The minimum atomic E-state index is -4.39. The van der Waals surface area contributed by atoms with Crippen molar-refractivity contribution in [3.05, 3.63) is 35.4 Å². The number of unbranched alkanes of at least 4 members (excludes halogenated alkanes) is 1. The van der Waals surface area contributed by atoms with Gasteiger partial charge in [0.25, 0.3) is 0 Å². The van der Waals surface area contributed by atoms with E-state index in [1.807, 2.05) is 0 Å². The Balaban J connectivity index is 2.53. The molecule has 0 bridgehead atoms. The molecular formula is C12H15ClF3NO2S. The van der Waals surface area contributed by atoms with Crippen LogP contribution in [0.25, 0.3) is 0 Å². The molecule has 0 atom stereocenters. The smallest absolute Gasteiger partial charge is 0.212 e. The third-order valence-electron chi connectivity index (χ3n) is 2.57. The maximum atomic E-state index is 12.3. The molecule has 3 nitrogen and oxygen atoms in total. The van der Waals surface area contributed by atoms with Crippen molar-refractivity contribution in [3.8, 4) is 0 Å². The van der Waals surface area contributed by atoms with Crippen molar-refractivity contribution in [2.24, 2.45) is 0 Å². The molecule has 0 spiro atoms. The average molecular weight is 330 g/mol. The number of alkyl halides is 4. The molecule has 0 aliphatic rings. The summed E-state index contributed by atoms with van der Waals surface area (Å²) in [6.07, 6.45) is -3.34. The van der Waals surface area contributed by atoms with Crippen LogP contribution in [0.2, 0.25) is 0 Å². The van der Waals surface area contributed by atoms with E-state index < -0.39 is 21.8 Å². The Hall–Kier alpha value is -0.790. The summed E-state index contributed by atoms with van der Waals surface area (Å²) in [6, 6.07) is 4.36. The summed E-state index contributed by atoms with van der Waals surface area (Å²) in [5.74, 6) is 0.356. The summed E-state index contributed by atoms with van der Waals surface area (Å²) in [7, 11) is -3.42. The van der Waals surface area contributed by atoms with Crippen LogP contribution >= 0.6 is 11.6 Å². The number of hydrogen-bond donors (Lipinski definition) is 1. The highest BCUT2D eigenvalue weighted by molar-refractivity contribution is 7.89. The molecule has 0 radical (unpaired) electrons. The molecule has 1 rings (SSSR count). The zero-order valence-corrected chi connectivity index (χ0v) is 12.2. The van der Waals surface area contributed by atoms with Gasteiger partial charge in [0, 0.05) is 12.4 Å². The average Bonchev–Trinajstić information content (AvgIpc) is 2.36. The Bertz CT molecular complexity index is 514. The monoisotopic (exact) mass is 329 g/mol. The first kappa shape index (κ1) is 17.3. The first-order valence-electron chi connectivity index (χ1n) is 5.94. The van der Waals surface area contributed by atoms with Gasteiger partial charge in [0.05, 0.1) is 11.3 Å². The largest absolute Gasteiger partial charge is 0.416 e. The fraction of sp³-hybridized carbons (Fsp3) is 0.500. The molecule has 0 aliphatic carbocycles. The SMILES string of the molecule is O=S(=O)(CCCCCl)NCc1ccc(C(F)(F)F)cc1. The van der Waals surface area contributed by atoms with Crippen molar-refractivity contribution in [3.63, 3.8) is 0 Å². The van der Waals surface area contributed by atoms with Crippen molar-refractivity contribution >= 4 is 21.6 Å². The van der Waals surface area contributed by atoms with Crippen molar-refractivity contribution in [1.29, 1.82) is 0 Å². The first-order chi connectivity index (χ1) is 9.24. The molecule has 0 amide bonds. The molecule has 0 heterocycles. The summed E-state index contributed by atoms with van der Waals surface area (Å²) in [4.78, 5) is 0. The number of hydrogen-bond acceptors (Lipinski definition) is 2. The molecular weight excluding hydrogens is 315 g/mol. The predicted octanol–water partition coefficient (Wildman–Crippen LogP) is 3.14. The zero-order chi connectivity index (χ0) is 15.2. The number of rotatable bonds is 7. The highest BCUT2D eigenvalue weighted by Crippen LogP contribution is 2.29. The summed E-state index contributed by atoms with van der Waals surface area (Å²) in [5.41, 5.74) is -0.287. The van der Waals surface area contributed by atoms with Crippen molar-refractivity contribution in [2.45, 2.75) is 25.6 Å². The lowest BCUT2D eigenvalue weighted by Gasteiger charge is -2.09. The van der Waals surface area contributed by atoms with E-state index >= 15 is 0 Å². The molecule has 8 heteroatoms. The second-order valence-electron chi connectivity index (χ2n) is 4.23. The Morgan fingerprint density at radius 3 is 2.20 bits per heavy atom. The van der Waals surface area contributed by atoms with Crippen LogP contribution in [-0.2, 0) is 22.7 Å². The molecule has 0 unspecified atom stereocenters. The minimum Gasteiger partial charge on any atom is -0.212 e. The molecule has 1 aromatic rings. The van der Waals surface area contributed by atoms with Crippen LogP contribution in [0.3, 0.4) is 0 Å². The Labute approximate surface area is 121 Å². The van der Waals surface area contributed by atoms with E-state index in [0.29, 0.717) is 24.3 Å². The van der Waals surface area contributed by atoms with Gasteiger partial charge in [-0.15, -0.1) is 11.6 Å². The van der Waals surface area contributed by atoms with Crippen LogP contribution < -0.4 is 4.72 Å². The Morgan fingerprint density at radius 2 is 1.70 bits per heavy atom. The fourth-order valence-electron chi connectivity index (χ4n) is 1.46. The molecule has 1 N–H and O–H groups in total. The van der Waals surface area contributed by atoms with Crippen molar-refractivity contribution in [1.82, 2.24) is 4.72 Å². The highest BCUT2D eigenvalue weighted by Gasteiger charge is 2.29. The number of nitrogens with one attached hydrogen (secondary N) is 1. The van der Waals surface area contributed by atoms with Gasteiger partial charge in [-0.1, -0.05) is 12.1 Å². The number of sulfonamides is 1. The molecule has 114 valence electrons. The van der Waals surface area contributed by atoms with Gasteiger partial charge in [0.2, 0.25) is 10.0 Å². The topological polar surface area (TPSA) is 46.2 Å². The highest BCUT2D eigenvalue weighted by atomic mass is 35.5. The van der Waals surface area contributed by atoms with Crippen LogP contribution in [0.4, 0.5) is 13.2 Å². The van der Waals surface area contributed by atoms with E-state index in [1.54, 1.807) is 0 Å². The van der Waals surface area contributed by atoms with E-state index in [1.165, 1.54) is 12.1 Å². The Morgan fingerprint density at radius 1 is 1.10 bits per heavy atom. The molecule has 0 saturated heterocycles. The number of halogens is 4. The first-order valence-corrected chi connectivity index (χ1v) is 8.13. The lowest BCUT2D eigenvalue weighted by molar-refractivity contribution is -0.137. The molecule has 1 aromatic carbocycles. The van der Waals surface area contributed by atoms with Crippen LogP contribution in [-0.4, -0.2) is 20.1 Å². The normalized spacial score (nSPS) is 12.6. The van der Waals surface area contributed by atoms with Gasteiger partial charge < -0.3 is 0 Å². The van der Waals surface area contributed by atoms with Crippen LogP contribution in [0, 0.1) is 0 Å². The summed E-state index contributed by atoms with van der Waals surface area (Å²) < 4.78 is 62.5. The van der Waals surface area contributed by atoms with Gasteiger partial charge in [-0.2, -0.15) is 13.2 Å². The standard InChI is InChI=1S/C12H15ClF3NO2S/c13-7-1-2-8-20(18,19)17-9-10-3-5-11(6-4-10)12(14,15)16/h3-6,17H,1-2,7-9H2. The maximum absolute atomic E-state index is 12.3. The van der Waals surface area contributed by atoms with Crippen LogP contribution in [0.5, 0.6) is 0 Å². The molecule has 0 aromatic heterocycles. The van der Waals surface area contributed by atoms with Gasteiger partial charge in [-0.3, -0.25) is 0 Å². The minimum absolute atomic E-state index is 0.0264. The van der Waals surface area contributed by atoms with E-state index in [2.05, 4.69) is 4.72 Å². The third-order valence-corrected chi connectivity index (χ3v) is 4.25. The van der Waals surface area contributed by atoms with Gasteiger partial charge >= 0.3 is 6.18 Å². The van der Waals surface area contributed by atoms with Gasteiger partial charge in [0.15, 0.2) is 0 Å².